The van der Waals surface area contributed by atoms with Crippen molar-refractivity contribution in [2.24, 2.45) is 0 Å². The molecule has 0 atom stereocenters. The van der Waals surface area contributed by atoms with Crippen LogP contribution in [0.3, 0.4) is 0 Å². The first-order chi connectivity index (χ1) is 13.1. The second-order valence-corrected chi connectivity index (χ2v) is 9.01. The summed E-state index contributed by atoms with van der Waals surface area (Å²) in [6, 6.07) is 13.2. The van der Waals surface area contributed by atoms with Gasteiger partial charge in [0.05, 0.1) is 9.82 Å². The topological polar surface area (TPSA) is 77.3 Å². The highest BCUT2D eigenvalue weighted by molar-refractivity contribution is 7.99. The Hall–Kier alpha value is -2.78. The molecular formula is C19H13F2NO4S2. The highest BCUT2D eigenvalue weighted by Gasteiger charge is 2.16. The number of benzene rings is 3. The molecule has 3 aromatic carbocycles. The Bertz CT molecular complexity index is 1160. The van der Waals surface area contributed by atoms with Gasteiger partial charge in [-0.3, -0.25) is 10.1 Å². The number of nitrogens with zero attached hydrogens (tertiary/aromatic N) is 1. The third kappa shape index (κ3) is 4.37. The standard InChI is InChI=1S/C19H13F2NO4S2/c1-28(25,26)15-6-2-12(3-7-15)16-8-5-14(22(23)24)11-19(16)27-18-9-4-13(20)10-17(18)21/h2-11H,1H3. The van der Waals surface area contributed by atoms with Crippen molar-refractivity contribution in [1.82, 2.24) is 0 Å². The zero-order chi connectivity index (χ0) is 20.5. The van der Waals surface area contributed by atoms with Gasteiger partial charge in [0.15, 0.2) is 9.84 Å². The van der Waals surface area contributed by atoms with Gasteiger partial charge >= 0.3 is 0 Å². The molecule has 0 fully saturated rings. The van der Waals surface area contributed by atoms with Gasteiger partial charge in [-0.15, -0.1) is 0 Å². The third-order valence-corrected chi connectivity index (χ3v) is 6.12. The van der Waals surface area contributed by atoms with Crippen molar-refractivity contribution in [2.45, 2.75) is 14.7 Å². The zero-order valence-corrected chi connectivity index (χ0v) is 16.1. The summed E-state index contributed by atoms with van der Waals surface area (Å²) in [6.07, 6.45) is 1.09. The van der Waals surface area contributed by atoms with Gasteiger partial charge in [0, 0.05) is 34.2 Å². The molecule has 9 heteroatoms. The summed E-state index contributed by atoms with van der Waals surface area (Å²) in [4.78, 5) is 11.2. The van der Waals surface area contributed by atoms with Crippen LogP contribution in [0.25, 0.3) is 11.1 Å². The van der Waals surface area contributed by atoms with E-state index in [-0.39, 0.29) is 15.5 Å². The number of non-ortho nitro benzene ring substituents is 1. The fourth-order valence-electron chi connectivity index (χ4n) is 2.51. The summed E-state index contributed by atoms with van der Waals surface area (Å²) < 4.78 is 50.4. The fraction of sp³-hybridized carbons (Fsp3) is 0.0526. The molecule has 0 aromatic heterocycles. The Kier molecular flexibility index (Phi) is 5.48. The van der Waals surface area contributed by atoms with Gasteiger partial charge in [-0.1, -0.05) is 23.9 Å². The Morgan fingerprint density at radius 1 is 0.929 bits per heavy atom. The van der Waals surface area contributed by atoms with E-state index in [1.807, 2.05) is 0 Å². The van der Waals surface area contributed by atoms with Gasteiger partial charge in [-0.05, 0) is 41.5 Å². The number of halogens is 2. The van der Waals surface area contributed by atoms with Crippen molar-refractivity contribution in [3.8, 4) is 11.1 Å². The van der Waals surface area contributed by atoms with Crippen molar-refractivity contribution >= 4 is 27.3 Å². The monoisotopic (exact) mass is 421 g/mol. The van der Waals surface area contributed by atoms with Crippen LogP contribution in [0.4, 0.5) is 14.5 Å². The Morgan fingerprint density at radius 2 is 1.61 bits per heavy atom. The Balaban J connectivity index is 2.09. The predicted octanol–water partition coefficient (Wildman–Crippen LogP) is 5.09. The first-order valence-corrected chi connectivity index (χ1v) is 10.6. The first kappa shape index (κ1) is 20.0. The second kappa shape index (κ2) is 7.69. The van der Waals surface area contributed by atoms with Crippen LogP contribution in [-0.4, -0.2) is 19.6 Å². The maximum Gasteiger partial charge on any atom is 0.270 e. The van der Waals surface area contributed by atoms with Gasteiger partial charge in [-0.25, -0.2) is 17.2 Å². The summed E-state index contributed by atoms with van der Waals surface area (Å²) in [5.41, 5.74) is 0.980. The van der Waals surface area contributed by atoms with Crippen molar-refractivity contribution in [3.63, 3.8) is 0 Å². The summed E-state index contributed by atoms with van der Waals surface area (Å²) in [5, 5.41) is 11.1. The molecule has 144 valence electrons. The smallest absolute Gasteiger partial charge is 0.258 e. The van der Waals surface area contributed by atoms with E-state index < -0.39 is 26.4 Å². The molecule has 0 spiro atoms. The van der Waals surface area contributed by atoms with E-state index in [2.05, 4.69) is 0 Å². The van der Waals surface area contributed by atoms with Crippen molar-refractivity contribution in [1.29, 1.82) is 0 Å². The van der Waals surface area contributed by atoms with Gasteiger partial charge in [0.25, 0.3) is 5.69 Å². The fourth-order valence-corrected chi connectivity index (χ4v) is 4.14. The molecule has 0 aliphatic rings. The van der Waals surface area contributed by atoms with Crippen molar-refractivity contribution in [2.75, 3.05) is 6.26 Å². The molecule has 0 bridgehead atoms. The van der Waals surface area contributed by atoms with Crippen molar-refractivity contribution in [3.05, 3.63) is 82.4 Å². The normalized spacial score (nSPS) is 11.4. The molecule has 5 nitrogen and oxygen atoms in total. The summed E-state index contributed by atoms with van der Waals surface area (Å²) in [7, 11) is -3.37. The summed E-state index contributed by atoms with van der Waals surface area (Å²) in [6.45, 7) is 0. The number of hydrogen-bond acceptors (Lipinski definition) is 5. The van der Waals surface area contributed by atoms with Crippen LogP contribution >= 0.6 is 11.8 Å². The van der Waals surface area contributed by atoms with Gasteiger partial charge in [0.2, 0.25) is 0 Å². The molecule has 0 heterocycles. The highest BCUT2D eigenvalue weighted by Crippen LogP contribution is 2.39. The number of nitro groups is 1. The second-order valence-electron chi connectivity index (χ2n) is 5.91. The van der Waals surface area contributed by atoms with Gasteiger partial charge in [-0.2, -0.15) is 0 Å². The number of nitro benzene ring substituents is 1. The zero-order valence-electron chi connectivity index (χ0n) is 14.4. The summed E-state index contributed by atoms with van der Waals surface area (Å²) >= 11 is 0.921. The van der Waals surface area contributed by atoms with Gasteiger partial charge in [0.1, 0.15) is 11.6 Å². The molecule has 0 radical (unpaired) electrons. The number of hydrogen-bond donors (Lipinski definition) is 0. The van der Waals surface area contributed by atoms with E-state index >= 15 is 0 Å². The highest BCUT2D eigenvalue weighted by atomic mass is 32.2. The minimum Gasteiger partial charge on any atom is -0.258 e. The maximum atomic E-state index is 14.1. The number of sulfone groups is 1. The van der Waals surface area contributed by atoms with E-state index in [4.69, 9.17) is 0 Å². The van der Waals surface area contributed by atoms with Gasteiger partial charge < -0.3 is 0 Å². The molecule has 0 unspecified atom stereocenters. The lowest BCUT2D eigenvalue weighted by atomic mass is 10.1. The van der Waals surface area contributed by atoms with Crippen LogP contribution in [0.1, 0.15) is 0 Å². The molecule has 0 saturated heterocycles. The molecule has 0 aliphatic heterocycles. The van der Waals surface area contributed by atoms with E-state index in [1.165, 1.54) is 36.4 Å². The quantitative estimate of drug-likeness (QED) is 0.423. The molecule has 28 heavy (non-hydrogen) atoms. The lowest BCUT2D eigenvalue weighted by Crippen LogP contribution is -1.96. The Morgan fingerprint density at radius 3 is 2.18 bits per heavy atom. The maximum absolute atomic E-state index is 14.1. The minimum atomic E-state index is -3.37. The molecule has 0 amide bonds. The van der Waals surface area contributed by atoms with Crippen LogP contribution in [0.5, 0.6) is 0 Å². The number of rotatable bonds is 5. The van der Waals surface area contributed by atoms with E-state index in [1.54, 1.807) is 12.1 Å². The summed E-state index contributed by atoms with van der Waals surface area (Å²) in [5.74, 6) is -1.51. The van der Waals surface area contributed by atoms with Crippen LogP contribution in [-0.2, 0) is 9.84 Å². The molecule has 0 N–H and O–H groups in total. The third-order valence-electron chi connectivity index (χ3n) is 3.88. The lowest BCUT2D eigenvalue weighted by Gasteiger charge is -2.11. The first-order valence-electron chi connectivity index (χ1n) is 7.87. The van der Waals surface area contributed by atoms with Crippen LogP contribution < -0.4 is 0 Å². The van der Waals surface area contributed by atoms with Crippen molar-refractivity contribution < 1.29 is 22.1 Å². The Labute approximate surface area is 164 Å². The van der Waals surface area contributed by atoms with E-state index in [9.17, 15) is 27.3 Å². The molecule has 0 saturated carbocycles. The minimum absolute atomic E-state index is 0.107. The van der Waals surface area contributed by atoms with E-state index in [0.29, 0.717) is 16.0 Å². The van der Waals surface area contributed by atoms with Crippen LogP contribution in [0, 0.1) is 21.7 Å². The predicted molar refractivity (Wildman–Crippen MR) is 102 cm³/mol. The molecule has 3 rings (SSSR count). The largest absolute Gasteiger partial charge is 0.270 e. The average molecular weight is 421 g/mol. The molecule has 0 aliphatic carbocycles. The SMILES string of the molecule is CS(=O)(=O)c1ccc(-c2ccc([N+](=O)[O-])cc2Sc2ccc(F)cc2F)cc1. The average Bonchev–Trinajstić information content (AvgIpc) is 2.63. The lowest BCUT2D eigenvalue weighted by molar-refractivity contribution is -0.385. The van der Waals surface area contributed by atoms with Crippen LogP contribution in [0.15, 0.2) is 75.4 Å². The molecular weight excluding hydrogens is 408 g/mol. The van der Waals surface area contributed by atoms with Crippen LogP contribution in [0.2, 0.25) is 0 Å². The van der Waals surface area contributed by atoms with E-state index in [0.717, 1.165) is 30.2 Å². The molecule has 3 aromatic rings.